The van der Waals surface area contributed by atoms with Crippen LogP contribution in [0.2, 0.25) is 0 Å². The second kappa shape index (κ2) is 8.55. The van der Waals surface area contributed by atoms with E-state index in [2.05, 4.69) is 10.6 Å². The lowest BCUT2D eigenvalue weighted by Gasteiger charge is -2.30. The van der Waals surface area contributed by atoms with Crippen molar-refractivity contribution in [3.05, 3.63) is 30.1 Å². The molecule has 1 fully saturated rings. The SMILES string of the molecule is CCNCCNC(=O)C1CCN(S(=O)(=O)c2ccccc2F)CC1. The van der Waals surface area contributed by atoms with Crippen LogP contribution in [-0.2, 0) is 14.8 Å². The molecule has 1 aromatic rings. The number of nitrogens with one attached hydrogen (secondary N) is 2. The lowest BCUT2D eigenvalue weighted by Crippen LogP contribution is -2.44. The molecule has 0 unspecified atom stereocenters. The third kappa shape index (κ3) is 4.52. The van der Waals surface area contributed by atoms with Crippen molar-refractivity contribution in [1.82, 2.24) is 14.9 Å². The Hall–Kier alpha value is -1.51. The fraction of sp³-hybridized carbons (Fsp3) is 0.562. The number of piperidine rings is 1. The van der Waals surface area contributed by atoms with E-state index in [4.69, 9.17) is 0 Å². The molecule has 0 saturated carbocycles. The summed E-state index contributed by atoms with van der Waals surface area (Å²) in [6, 6.07) is 5.36. The summed E-state index contributed by atoms with van der Waals surface area (Å²) in [5.41, 5.74) is 0. The maximum Gasteiger partial charge on any atom is 0.245 e. The molecule has 1 aliphatic heterocycles. The van der Waals surface area contributed by atoms with Crippen LogP contribution >= 0.6 is 0 Å². The molecular weight excluding hydrogens is 333 g/mol. The highest BCUT2D eigenvalue weighted by molar-refractivity contribution is 7.89. The molecule has 134 valence electrons. The van der Waals surface area contributed by atoms with Gasteiger partial charge in [0.25, 0.3) is 0 Å². The van der Waals surface area contributed by atoms with E-state index in [-0.39, 0.29) is 29.8 Å². The van der Waals surface area contributed by atoms with Crippen LogP contribution in [0.25, 0.3) is 0 Å². The van der Waals surface area contributed by atoms with E-state index in [1.54, 1.807) is 0 Å². The van der Waals surface area contributed by atoms with Gasteiger partial charge in [0, 0.05) is 32.1 Å². The van der Waals surface area contributed by atoms with E-state index in [0.29, 0.717) is 25.9 Å². The summed E-state index contributed by atoms with van der Waals surface area (Å²) >= 11 is 0. The number of hydrogen-bond donors (Lipinski definition) is 2. The van der Waals surface area contributed by atoms with Crippen LogP contribution in [0.3, 0.4) is 0 Å². The Kier molecular flexibility index (Phi) is 6.70. The minimum atomic E-state index is -3.85. The van der Waals surface area contributed by atoms with Gasteiger partial charge in [-0.05, 0) is 31.5 Å². The third-order valence-corrected chi connectivity index (χ3v) is 6.06. The van der Waals surface area contributed by atoms with Crippen molar-refractivity contribution >= 4 is 15.9 Å². The number of amides is 1. The van der Waals surface area contributed by atoms with Crippen molar-refractivity contribution in [2.45, 2.75) is 24.7 Å². The van der Waals surface area contributed by atoms with E-state index in [9.17, 15) is 17.6 Å². The van der Waals surface area contributed by atoms with Gasteiger partial charge in [-0.25, -0.2) is 12.8 Å². The number of likely N-dealkylation sites (N-methyl/N-ethyl adjacent to an activating group) is 1. The molecule has 1 amide bonds. The fourth-order valence-corrected chi connectivity index (χ4v) is 4.28. The molecule has 2 N–H and O–H groups in total. The van der Waals surface area contributed by atoms with E-state index in [1.807, 2.05) is 6.92 Å². The first-order valence-electron chi connectivity index (χ1n) is 8.20. The number of sulfonamides is 1. The first-order chi connectivity index (χ1) is 11.5. The predicted octanol–water partition coefficient (Wildman–Crippen LogP) is 0.952. The quantitative estimate of drug-likeness (QED) is 0.713. The van der Waals surface area contributed by atoms with E-state index < -0.39 is 15.8 Å². The molecule has 0 bridgehead atoms. The van der Waals surface area contributed by atoms with Crippen molar-refractivity contribution in [3.63, 3.8) is 0 Å². The van der Waals surface area contributed by atoms with Gasteiger partial charge in [-0.3, -0.25) is 4.79 Å². The van der Waals surface area contributed by atoms with Crippen LogP contribution in [0.1, 0.15) is 19.8 Å². The molecule has 1 aromatic carbocycles. The van der Waals surface area contributed by atoms with Gasteiger partial charge < -0.3 is 10.6 Å². The Balaban J connectivity index is 1.90. The monoisotopic (exact) mass is 357 g/mol. The lowest BCUT2D eigenvalue weighted by atomic mass is 9.97. The molecule has 1 aliphatic rings. The highest BCUT2D eigenvalue weighted by Crippen LogP contribution is 2.25. The molecule has 1 heterocycles. The van der Waals surface area contributed by atoms with Crippen molar-refractivity contribution in [2.24, 2.45) is 5.92 Å². The average molecular weight is 357 g/mol. The number of carbonyl (C=O) groups is 1. The first kappa shape index (κ1) is 18.8. The number of carbonyl (C=O) groups excluding carboxylic acids is 1. The van der Waals surface area contributed by atoms with Crippen molar-refractivity contribution < 1.29 is 17.6 Å². The molecule has 8 heteroatoms. The first-order valence-corrected chi connectivity index (χ1v) is 9.64. The minimum Gasteiger partial charge on any atom is -0.355 e. The van der Waals surface area contributed by atoms with Gasteiger partial charge in [-0.15, -0.1) is 0 Å². The molecule has 0 radical (unpaired) electrons. The topological polar surface area (TPSA) is 78.5 Å². The summed E-state index contributed by atoms with van der Waals surface area (Å²) < 4.78 is 40.0. The molecule has 6 nitrogen and oxygen atoms in total. The predicted molar refractivity (Wildman–Crippen MR) is 89.4 cm³/mol. The number of hydrogen-bond acceptors (Lipinski definition) is 4. The summed E-state index contributed by atoms with van der Waals surface area (Å²) in [7, 11) is -3.85. The smallest absolute Gasteiger partial charge is 0.245 e. The number of nitrogens with zero attached hydrogens (tertiary/aromatic N) is 1. The maximum absolute atomic E-state index is 13.8. The second-order valence-electron chi connectivity index (χ2n) is 5.75. The largest absolute Gasteiger partial charge is 0.355 e. The number of halogens is 1. The van der Waals surface area contributed by atoms with E-state index in [1.165, 1.54) is 22.5 Å². The minimum absolute atomic E-state index is 0.0455. The highest BCUT2D eigenvalue weighted by atomic mass is 32.2. The summed E-state index contributed by atoms with van der Waals surface area (Å²) in [6.07, 6.45) is 0.890. The van der Waals surface area contributed by atoms with Crippen LogP contribution in [0.5, 0.6) is 0 Å². The zero-order valence-electron chi connectivity index (χ0n) is 13.8. The average Bonchev–Trinajstić information content (AvgIpc) is 2.59. The van der Waals surface area contributed by atoms with Gasteiger partial charge >= 0.3 is 0 Å². The normalized spacial score (nSPS) is 16.9. The Morgan fingerprint density at radius 2 is 1.92 bits per heavy atom. The zero-order valence-corrected chi connectivity index (χ0v) is 14.6. The third-order valence-electron chi connectivity index (χ3n) is 4.13. The van der Waals surface area contributed by atoms with Crippen LogP contribution in [0.4, 0.5) is 4.39 Å². The van der Waals surface area contributed by atoms with Gasteiger partial charge in [0.05, 0.1) is 0 Å². The van der Waals surface area contributed by atoms with Crippen LogP contribution in [0, 0.1) is 11.7 Å². The molecular formula is C16H24FN3O3S. The summed E-state index contributed by atoms with van der Waals surface area (Å²) in [5, 5.41) is 5.97. The fourth-order valence-electron chi connectivity index (χ4n) is 2.75. The molecule has 1 saturated heterocycles. The van der Waals surface area contributed by atoms with Gasteiger partial charge in [0.1, 0.15) is 10.7 Å². The standard InChI is InChI=1S/C16H24FN3O3S/c1-2-18-9-10-19-16(21)13-7-11-20(12-8-13)24(22,23)15-6-4-3-5-14(15)17/h3-6,13,18H,2,7-12H2,1H3,(H,19,21). The molecule has 0 spiro atoms. The molecule has 0 aliphatic carbocycles. The van der Waals surface area contributed by atoms with Crippen molar-refractivity contribution in [2.75, 3.05) is 32.7 Å². The second-order valence-corrected chi connectivity index (χ2v) is 7.66. The Morgan fingerprint density at radius 3 is 2.54 bits per heavy atom. The Bertz CT molecular complexity index is 658. The summed E-state index contributed by atoms with van der Waals surface area (Å²) in [6.45, 7) is 4.56. The highest BCUT2D eigenvalue weighted by Gasteiger charge is 2.33. The van der Waals surface area contributed by atoms with Crippen LogP contribution in [-0.4, -0.2) is 51.4 Å². The Morgan fingerprint density at radius 1 is 1.25 bits per heavy atom. The van der Waals surface area contributed by atoms with Gasteiger partial charge in [-0.2, -0.15) is 4.31 Å². The van der Waals surface area contributed by atoms with Crippen LogP contribution in [0.15, 0.2) is 29.2 Å². The van der Waals surface area contributed by atoms with E-state index in [0.717, 1.165) is 12.6 Å². The van der Waals surface area contributed by atoms with Gasteiger partial charge in [0.15, 0.2) is 0 Å². The van der Waals surface area contributed by atoms with Crippen LogP contribution < -0.4 is 10.6 Å². The summed E-state index contributed by atoms with van der Waals surface area (Å²) in [5.74, 6) is -0.990. The summed E-state index contributed by atoms with van der Waals surface area (Å²) in [4.78, 5) is 11.8. The van der Waals surface area contributed by atoms with Crippen molar-refractivity contribution in [1.29, 1.82) is 0 Å². The molecule has 0 aromatic heterocycles. The molecule has 2 rings (SSSR count). The number of rotatable bonds is 7. The Labute approximate surface area is 142 Å². The van der Waals surface area contributed by atoms with Gasteiger partial charge in [0.2, 0.25) is 15.9 Å². The maximum atomic E-state index is 13.8. The molecule has 0 atom stereocenters. The molecule has 24 heavy (non-hydrogen) atoms. The number of benzene rings is 1. The van der Waals surface area contributed by atoms with Crippen molar-refractivity contribution in [3.8, 4) is 0 Å². The zero-order chi connectivity index (χ0) is 17.6. The van der Waals surface area contributed by atoms with E-state index >= 15 is 0 Å². The van der Waals surface area contributed by atoms with Gasteiger partial charge in [-0.1, -0.05) is 19.1 Å². The lowest BCUT2D eigenvalue weighted by molar-refractivity contribution is -0.126.